The summed E-state index contributed by atoms with van der Waals surface area (Å²) in [6.07, 6.45) is 9.86. The average Bonchev–Trinajstić information content (AvgIpc) is 4.06. The minimum Gasteiger partial charge on any atom is -0.497 e. The zero-order chi connectivity index (χ0) is 42.5. The number of ether oxygens (including phenoxy) is 4. The van der Waals surface area contributed by atoms with Crippen molar-refractivity contribution in [3.05, 3.63) is 48.6 Å². The number of alkyl carbamates (subject to hydrolysis) is 1. The van der Waals surface area contributed by atoms with Gasteiger partial charge in [0, 0.05) is 35.2 Å². The van der Waals surface area contributed by atoms with Crippen LogP contribution in [-0.4, -0.2) is 98.0 Å². The summed E-state index contributed by atoms with van der Waals surface area (Å²) in [6, 6.07) is 8.63. The molecular weight excluding hydrogens is 807 g/mol. The average molecular weight is 858 g/mol. The van der Waals surface area contributed by atoms with E-state index < -0.39 is 68.7 Å². The standard InChI is InChI=1S/C44H51N5O11S/c1-56-27-14-18-31-34(20-27)45-37-32-19-15-28(57-2)22-36(32)60-39(37)38(31)58-29-21-35-40(50)47-44(42(52)48-61(54,55)30-16-17-30)23-25(44)10-6-4-3-5-7-13-33(41(51)49(35)24-29)46-43(53)59-26-11-8-9-12-26/h6,10,14-15,18-20,22,25-26,29-30,33,35H,3-5,7-9,11-13,16-17,21,23-24H2,1-2H3,(H,46,53)(H,47,50)(H,48,52)/b10-6-/t25-,29+,33-,35+,44-/m1/s1. The molecule has 0 spiro atoms. The molecule has 3 N–H and O–H groups in total. The number of carbonyl (C=O) groups is 4. The second-order valence-corrected chi connectivity index (χ2v) is 18.9. The largest absolute Gasteiger partial charge is 0.497 e. The highest BCUT2D eigenvalue weighted by Gasteiger charge is 2.62. The minimum atomic E-state index is -3.92. The Bertz CT molecular complexity index is 2530. The van der Waals surface area contributed by atoms with Crippen LogP contribution in [0.3, 0.4) is 0 Å². The summed E-state index contributed by atoms with van der Waals surface area (Å²) in [5, 5.41) is 6.43. The number of methoxy groups -OCH3 is 2. The summed E-state index contributed by atoms with van der Waals surface area (Å²) in [5.41, 5.74) is 0.432. The summed E-state index contributed by atoms with van der Waals surface area (Å²) in [6.45, 7) is -0.0547. The molecule has 16 nitrogen and oxygen atoms in total. The zero-order valence-electron chi connectivity index (χ0n) is 34.3. The van der Waals surface area contributed by atoms with Crippen molar-refractivity contribution in [2.24, 2.45) is 5.92 Å². The van der Waals surface area contributed by atoms with Gasteiger partial charge in [-0.1, -0.05) is 25.0 Å². The number of pyridine rings is 1. The lowest BCUT2D eigenvalue weighted by atomic mass is 10.0. The molecule has 4 heterocycles. The number of rotatable bonds is 9. The van der Waals surface area contributed by atoms with Crippen molar-refractivity contribution in [2.75, 3.05) is 20.8 Å². The topological polar surface area (TPSA) is 205 Å². The quantitative estimate of drug-likeness (QED) is 0.178. The van der Waals surface area contributed by atoms with E-state index in [1.807, 2.05) is 30.4 Å². The molecule has 0 bridgehead atoms. The van der Waals surface area contributed by atoms with Crippen molar-refractivity contribution < 1.29 is 51.0 Å². The first-order chi connectivity index (χ1) is 29.5. The molecule has 61 heavy (non-hydrogen) atoms. The Kier molecular flexibility index (Phi) is 10.9. The molecule has 5 atom stereocenters. The van der Waals surface area contributed by atoms with Crippen LogP contribution in [0.5, 0.6) is 17.2 Å². The SMILES string of the molecule is COc1ccc2c(O[C@H]3C[C@H]4C(=O)N[C@]5(C(=O)NS(=O)(=O)C6CC6)C[C@H]5/C=C\CCCCC[C@@H](NC(=O)OC5CCCC5)C(=O)N4C3)c3oc4cc(OC)ccc4c3nc2c1. The lowest BCUT2D eigenvalue weighted by molar-refractivity contribution is -0.141. The zero-order valence-corrected chi connectivity index (χ0v) is 35.1. The molecule has 4 aromatic rings. The molecule has 2 aromatic carbocycles. The third-order valence-electron chi connectivity index (χ3n) is 12.8. The number of sulfonamides is 1. The fraction of sp³-hybridized carbons (Fsp3) is 0.523. The molecule has 3 aliphatic carbocycles. The number of hydrogen-bond donors (Lipinski definition) is 3. The van der Waals surface area contributed by atoms with Crippen LogP contribution in [0.2, 0.25) is 0 Å². The fourth-order valence-corrected chi connectivity index (χ4v) is 10.4. The summed E-state index contributed by atoms with van der Waals surface area (Å²) >= 11 is 0. The van der Waals surface area contributed by atoms with Gasteiger partial charge >= 0.3 is 6.09 Å². The number of aromatic nitrogens is 1. The van der Waals surface area contributed by atoms with Crippen molar-refractivity contribution >= 4 is 66.8 Å². The van der Waals surface area contributed by atoms with Crippen LogP contribution in [0, 0.1) is 5.92 Å². The molecule has 324 valence electrons. The van der Waals surface area contributed by atoms with Gasteiger partial charge in [0.05, 0.1) is 31.5 Å². The minimum absolute atomic E-state index is 0.00487. The smallest absolute Gasteiger partial charge is 0.408 e. The Morgan fingerprint density at radius 2 is 1.66 bits per heavy atom. The molecule has 4 amide bonds. The molecule has 2 aliphatic heterocycles. The first-order valence-electron chi connectivity index (χ1n) is 21.3. The highest BCUT2D eigenvalue weighted by atomic mass is 32.2. The molecule has 1 saturated heterocycles. The second kappa shape index (κ2) is 16.4. The van der Waals surface area contributed by atoms with Gasteiger partial charge in [0.2, 0.25) is 21.8 Å². The van der Waals surface area contributed by atoms with Gasteiger partial charge in [0.15, 0.2) is 11.3 Å². The molecule has 2 aromatic heterocycles. The van der Waals surface area contributed by atoms with Gasteiger partial charge in [0.25, 0.3) is 5.91 Å². The summed E-state index contributed by atoms with van der Waals surface area (Å²) in [5.74, 6) is -0.862. The molecule has 17 heteroatoms. The Labute approximate surface area is 353 Å². The van der Waals surface area contributed by atoms with Gasteiger partial charge < -0.3 is 38.9 Å². The Balaban J connectivity index is 1.07. The van der Waals surface area contributed by atoms with Crippen LogP contribution in [0.4, 0.5) is 4.79 Å². The number of furan rings is 1. The van der Waals surface area contributed by atoms with Crippen molar-refractivity contribution in [3.63, 3.8) is 0 Å². The van der Waals surface area contributed by atoms with Gasteiger partial charge in [-0.15, -0.1) is 0 Å². The first kappa shape index (κ1) is 40.8. The van der Waals surface area contributed by atoms with E-state index in [0.29, 0.717) is 76.9 Å². The number of amides is 4. The van der Waals surface area contributed by atoms with Crippen LogP contribution >= 0.6 is 0 Å². The predicted octanol–water partition coefficient (Wildman–Crippen LogP) is 5.54. The number of allylic oxidation sites excluding steroid dienone is 1. The lowest BCUT2D eigenvalue weighted by Gasteiger charge is -2.30. The predicted molar refractivity (Wildman–Crippen MR) is 224 cm³/mol. The van der Waals surface area contributed by atoms with Gasteiger partial charge in [0.1, 0.15) is 52.4 Å². The van der Waals surface area contributed by atoms with E-state index in [4.69, 9.17) is 28.3 Å². The van der Waals surface area contributed by atoms with Crippen molar-refractivity contribution in [2.45, 2.75) is 119 Å². The molecular formula is C44H51N5O11S. The van der Waals surface area contributed by atoms with E-state index in [0.717, 1.165) is 43.9 Å². The van der Waals surface area contributed by atoms with E-state index >= 15 is 0 Å². The number of nitrogens with zero attached hydrogens (tertiary/aromatic N) is 2. The Hall–Kier alpha value is -5.58. The third kappa shape index (κ3) is 8.15. The summed E-state index contributed by atoms with van der Waals surface area (Å²) in [4.78, 5) is 63.0. The van der Waals surface area contributed by atoms with E-state index in [9.17, 15) is 27.6 Å². The van der Waals surface area contributed by atoms with Crippen LogP contribution in [0.15, 0.2) is 53.0 Å². The maximum absolute atomic E-state index is 14.8. The van der Waals surface area contributed by atoms with Crippen molar-refractivity contribution in [3.8, 4) is 17.2 Å². The monoisotopic (exact) mass is 857 g/mol. The molecule has 4 fully saturated rings. The maximum Gasteiger partial charge on any atom is 0.408 e. The molecule has 9 rings (SSSR count). The van der Waals surface area contributed by atoms with Crippen molar-refractivity contribution in [1.29, 1.82) is 0 Å². The molecule has 0 unspecified atom stereocenters. The molecule has 5 aliphatic rings. The third-order valence-corrected chi connectivity index (χ3v) is 14.6. The van der Waals surface area contributed by atoms with Crippen LogP contribution < -0.4 is 29.6 Å². The van der Waals surface area contributed by atoms with Crippen LogP contribution in [0.1, 0.15) is 83.5 Å². The van der Waals surface area contributed by atoms with Gasteiger partial charge in [-0.25, -0.2) is 18.2 Å². The lowest BCUT2D eigenvalue weighted by Crippen LogP contribution is -2.58. The molecule has 0 radical (unpaired) electrons. The number of carbonyl (C=O) groups excluding carboxylic acids is 4. The highest BCUT2D eigenvalue weighted by molar-refractivity contribution is 7.91. The number of hydrogen-bond acceptors (Lipinski definition) is 12. The Morgan fingerprint density at radius 3 is 2.41 bits per heavy atom. The van der Waals surface area contributed by atoms with E-state index in [-0.39, 0.29) is 25.5 Å². The Morgan fingerprint density at radius 1 is 0.918 bits per heavy atom. The van der Waals surface area contributed by atoms with E-state index in [1.165, 1.54) is 4.90 Å². The number of nitrogens with one attached hydrogen (secondary N) is 3. The molecule has 3 saturated carbocycles. The fourth-order valence-electron chi connectivity index (χ4n) is 9.09. The summed E-state index contributed by atoms with van der Waals surface area (Å²) < 4.78 is 58.1. The van der Waals surface area contributed by atoms with E-state index in [2.05, 4.69) is 15.4 Å². The summed E-state index contributed by atoms with van der Waals surface area (Å²) in [7, 11) is -0.794. The first-order valence-corrected chi connectivity index (χ1v) is 22.9. The van der Waals surface area contributed by atoms with Crippen molar-refractivity contribution in [1.82, 2.24) is 25.2 Å². The maximum atomic E-state index is 14.8. The van der Waals surface area contributed by atoms with Gasteiger partial charge in [-0.05, 0) is 88.5 Å². The van der Waals surface area contributed by atoms with Crippen LogP contribution in [-0.2, 0) is 29.1 Å². The number of benzene rings is 2. The van der Waals surface area contributed by atoms with Crippen LogP contribution in [0.25, 0.3) is 33.0 Å². The normalized spacial score (nSPS) is 26.8. The second-order valence-electron chi connectivity index (χ2n) is 17.0. The number of fused-ring (bicyclic) bond motifs is 6. The van der Waals surface area contributed by atoms with E-state index in [1.54, 1.807) is 32.4 Å². The highest BCUT2D eigenvalue weighted by Crippen LogP contribution is 2.47. The van der Waals surface area contributed by atoms with Gasteiger partial charge in [-0.2, -0.15) is 0 Å². The van der Waals surface area contributed by atoms with Gasteiger partial charge in [-0.3, -0.25) is 19.1 Å².